The summed E-state index contributed by atoms with van der Waals surface area (Å²) in [6.07, 6.45) is 18.6. The fraction of sp³-hybridized carbons (Fsp3) is 0.806. The molecule has 6 aliphatic rings. The van der Waals surface area contributed by atoms with E-state index in [9.17, 15) is 5.11 Å². The van der Waals surface area contributed by atoms with Crippen molar-refractivity contribution in [3.05, 3.63) is 35.1 Å². The van der Waals surface area contributed by atoms with Gasteiger partial charge >= 0.3 is 0 Å². The normalized spacial score (nSPS) is 47.5. The van der Waals surface area contributed by atoms with Crippen LogP contribution in [0.3, 0.4) is 0 Å². The zero-order chi connectivity index (χ0) is 23.8. The summed E-state index contributed by atoms with van der Waals surface area (Å²) in [6.45, 7) is 14.7. The predicted octanol–water partition coefficient (Wildman–Crippen LogP) is 6.31. The number of hydrogen-bond acceptors (Lipinski definition) is 3. The molecule has 1 saturated carbocycles. The average Bonchev–Trinajstić information content (AvgIpc) is 3.50. The van der Waals surface area contributed by atoms with Crippen molar-refractivity contribution >= 4 is 0 Å². The highest BCUT2D eigenvalue weighted by Gasteiger charge is 2.60. The standard InChI is InChI=1S/C31H48N2O/c1-20-8-6-16-32(20)22(3)26-12-13-27-25-11-10-23-18-24(33-17-7-9-21(33)2)14-15-30(23,4)29(25)28(34)19-31(26,27)5/h10,12,18,20-22,25,27-29,34H,6-9,11,13-17,19H2,1-5H3/t20?,21?,22?,25-,27-,28-,29+,30-,31+/m0/s1. The van der Waals surface area contributed by atoms with E-state index in [1.54, 1.807) is 16.8 Å². The van der Waals surface area contributed by atoms with Gasteiger partial charge in [0, 0.05) is 30.4 Å². The van der Waals surface area contributed by atoms with Gasteiger partial charge in [-0.05, 0) is 125 Å². The first-order valence-electron chi connectivity index (χ1n) is 14.6. The van der Waals surface area contributed by atoms with E-state index in [1.807, 2.05) is 0 Å². The first-order valence-corrected chi connectivity index (χ1v) is 14.6. The molecule has 2 saturated heterocycles. The Bertz CT molecular complexity index is 918. The first-order chi connectivity index (χ1) is 16.2. The fourth-order valence-corrected chi connectivity index (χ4v) is 9.99. The lowest BCUT2D eigenvalue weighted by atomic mass is 9.47. The zero-order valence-electron chi connectivity index (χ0n) is 22.4. The van der Waals surface area contributed by atoms with Crippen LogP contribution in [0.1, 0.15) is 92.4 Å². The molecule has 188 valence electrons. The molecular weight excluding hydrogens is 416 g/mol. The van der Waals surface area contributed by atoms with Crippen LogP contribution in [-0.2, 0) is 0 Å². The third-order valence-electron chi connectivity index (χ3n) is 11.8. The Kier molecular flexibility index (Phi) is 5.65. The number of hydrogen-bond donors (Lipinski definition) is 1. The summed E-state index contributed by atoms with van der Waals surface area (Å²) in [5.41, 5.74) is 5.05. The van der Waals surface area contributed by atoms with E-state index >= 15 is 0 Å². The second kappa shape index (κ2) is 8.23. The average molecular weight is 465 g/mol. The SMILES string of the molecule is CC1CCCN1C1=CC2=CC[C@@H]3[C@H]([C@@H](O)C[C@]4(C)C(C(C)N5CCCC5C)=CC[C@@H]34)[C@@]2(C)CC1. The fourth-order valence-electron chi connectivity index (χ4n) is 9.99. The predicted molar refractivity (Wildman–Crippen MR) is 140 cm³/mol. The summed E-state index contributed by atoms with van der Waals surface area (Å²) in [6, 6.07) is 1.90. The van der Waals surface area contributed by atoms with E-state index in [1.165, 1.54) is 58.0 Å². The minimum absolute atomic E-state index is 0.133. The van der Waals surface area contributed by atoms with Gasteiger partial charge in [-0.1, -0.05) is 31.6 Å². The van der Waals surface area contributed by atoms with Gasteiger partial charge in [-0.2, -0.15) is 0 Å². The van der Waals surface area contributed by atoms with Crippen molar-refractivity contribution in [2.24, 2.45) is 28.6 Å². The smallest absolute Gasteiger partial charge is 0.0588 e. The largest absolute Gasteiger partial charge is 0.393 e. The van der Waals surface area contributed by atoms with Crippen molar-refractivity contribution in [1.29, 1.82) is 0 Å². The quantitative estimate of drug-likeness (QED) is 0.496. The Morgan fingerprint density at radius 3 is 2.47 bits per heavy atom. The van der Waals surface area contributed by atoms with Gasteiger partial charge in [-0.15, -0.1) is 0 Å². The second-order valence-electron chi connectivity index (χ2n) is 13.4. The molecule has 0 aromatic rings. The number of nitrogens with zero attached hydrogens (tertiary/aromatic N) is 2. The molecule has 0 aromatic heterocycles. The van der Waals surface area contributed by atoms with Crippen molar-refractivity contribution < 1.29 is 5.11 Å². The first kappa shape index (κ1) is 23.3. The molecule has 0 aromatic carbocycles. The number of likely N-dealkylation sites (tertiary alicyclic amines) is 2. The summed E-state index contributed by atoms with van der Waals surface area (Å²) in [4.78, 5) is 5.42. The van der Waals surface area contributed by atoms with Gasteiger partial charge in [0.2, 0.25) is 0 Å². The summed E-state index contributed by atoms with van der Waals surface area (Å²) < 4.78 is 0. The van der Waals surface area contributed by atoms with Crippen molar-refractivity contribution in [2.45, 2.75) is 117 Å². The van der Waals surface area contributed by atoms with Crippen LogP contribution in [0.2, 0.25) is 0 Å². The highest BCUT2D eigenvalue weighted by Crippen LogP contribution is 2.65. The molecular formula is C31H48N2O. The maximum absolute atomic E-state index is 11.9. The number of fused-ring (bicyclic) bond motifs is 5. The Balaban J connectivity index is 1.28. The Morgan fingerprint density at radius 2 is 1.76 bits per heavy atom. The van der Waals surface area contributed by atoms with Crippen LogP contribution in [-0.4, -0.2) is 52.2 Å². The lowest BCUT2D eigenvalue weighted by Gasteiger charge is -2.59. The Hall–Kier alpha value is -1.06. The number of rotatable bonds is 3. The van der Waals surface area contributed by atoms with Gasteiger partial charge in [-0.3, -0.25) is 4.90 Å². The second-order valence-corrected chi connectivity index (χ2v) is 13.4. The molecule has 0 radical (unpaired) electrons. The molecule has 1 N–H and O–H groups in total. The van der Waals surface area contributed by atoms with Gasteiger partial charge in [0.1, 0.15) is 0 Å². The van der Waals surface area contributed by atoms with Crippen LogP contribution in [0.25, 0.3) is 0 Å². The minimum atomic E-state index is -0.190. The third kappa shape index (κ3) is 3.28. The Morgan fingerprint density at radius 1 is 1.00 bits per heavy atom. The highest BCUT2D eigenvalue weighted by atomic mass is 16.3. The molecule has 4 aliphatic carbocycles. The molecule has 2 heterocycles. The van der Waals surface area contributed by atoms with Crippen molar-refractivity contribution in [1.82, 2.24) is 9.80 Å². The molecule has 0 bridgehead atoms. The lowest BCUT2D eigenvalue weighted by molar-refractivity contribution is -0.103. The number of aliphatic hydroxyl groups excluding tert-OH is 1. The van der Waals surface area contributed by atoms with Gasteiger partial charge in [-0.25, -0.2) is 0 Å². The van der Waals surface area contributed by atoms with Crippen LogP contribution in [0.4, 0.5) is 0 Å². The van der Waals surface area contributed by atoms with Gasteiger partial charge in [0.05, 0.1) is 6.10 Å². The van der Waals surface area contributed by atoms with Gasteiger partial charge in [0.15, 0.2) is 0 Å². The monoisotopic (exact) mass is 464 g/mol. The Labute approximate surface area is 208 Å². The van der Waals surface area contributed by atoms with Crippen molar-refractivity contribution in [3.8, 4) is 0 Å². The van der Waals surface area contributed by atoms with Crippen LogP contribution in [0.5, 0.6) is 0 Å². The van der Waals surface area contributed by atoms with Crippen LogP contribution < -0.4 is 0 Å². The summed E-state index contributed by atoms with van der Waals surface area (Å²) in [5, 5.41) is 11.9. The minimum Gasteiger partial charge on any atom is -0.393 e. The molecule has 2 aliphatic heterocycles. The van der Waals surface area contributed by atoms with E-state index in [2.05, 4.69) is 62.6 Å². The molecule has 0 amide bonds. The molecule has 3 unspecified atom stereocenters. The summed E-state index contributed by atoms with van der Waals surface area (Å²) in [5.74, 6) is 1.71. The molecule has 9 atom stereocenters. The molecule has 0 spiro atoms. The zero-order valence-corrected chi connectivity index (χ0v) is 22.4. The third-order valence-corrected chi connectivity index (χ3v) is 11.8. The number of allylic oxidation sites excluding steroid dienone is 5. The van der Waals surface area contributed by atoms with E-state index in [0.29, 0.717) is 35.9 Å². The van der Waals surface area contributed by atoms with E-state index in [4.69, 9.17) is 0 Å². The van der Waals surface area contributed by atoms with Crippen LogP contribution in [0, 0.1) is 28.6 Å². The number of aliphatic hydroxyl groups is 1. The maximum atomic E-state index is 11.9. The molecule has 3 fully saturated rings. The highest BCUT2D eigenvalue weighted by molar-refractivity contribution is 5.39. The molecule has 34 heavy (non-hydrogen) atoms. The molecule has 3 heteroatoms. The lowest BCUT2D eigenvalue weighted by Crippen LogP contribution is -2.56. The summed E-state index contributed by atoms with van der Waals surface area (Å²) in [7, 11) is 0. The van der Waals surface area contributed by atoms with Gasteiger partial charge in [0.25, 0.3) is 0 Å². The molecule has 3 nitrogen and oxygen atoms in total. The van der Waals surface area contributed by atoms with Crippen LogP contribution in [0.15, 0.2) is 35.1 Å². The van der Waals surface area contributed by atoms with Crippen LogP contribution >= 0.6 is 0 Å². The van der Waals surface area contributed by atoms with E-state index < -0.39 is 0 Å². The van der Waals surface area contributed by atoms with Gasteiger partial charge < -0.3 is 10.0 Å². The maximum Gasteiger partial charge on any atom is 0.0588 e. The van der Waals surface area contributed by atoms with Crippen molar-refractivity contribution in [3.63, 3.8) is 0 Å². The molecule has 6 rings (SSSR count). The van der Waals surface area contributed by atoms with E-state index in [-0.39, 0.29) is 16.9 Å². The van der Waals surface area contributed by atoms with E-state index in [0.717, 1.165) is 12.8 Å². The topological polar surface area (TPSA) is 26.7 Å². The summed E-state index contributed by atoms with van der Waals surface area (Å²) >= 11 is 0. The van der Waals surface area contributed by atoms with Crippen molar-refractivity contribution in [2.75, 3.05) is 13.1 Å².